The fraction of sp³-hybridized carbons (Fsp3) is 0.512. The number of hydrogen-bond donors (Lipinski definition) is 3. The predicted molar refractivity (Wildman–Crippen MR) is 215 cm³/mol. The largest absolute Gasteiger partial charge is 0.497 e. The Bertz CT molecular complexity index is 2210. The van der Waals surface area contributed by atoms with Gasteiger partial charge in [0, 0.05) is 60.8 Å². The first-order valence-electron chi connectivity index (χ1n) is 20.5. The maximum Gasteiger partial charge on any atom is 0.259 e. The van der Waals surface area contributed by atoms with Crippen molar-refractivity contribution in [3.8, 4) is 22.8 Å². The van der Waals surface area contributed by atoms with E-state index in [1.165, 1.54) is 4.90 Å². The molecule has 5 aliphatic rings. The van der Waals surface area contributed by atoms with Crippen LogP contribution in [-0.2, 0) is 29.2 Å². The standard InChI is InChI=1S/C43H51N5O9S/c1-56-31-14-17-34-36(21-31)44-35(27-10-7-5-8-11-27)23-38(34)57-32-22-37-40(51)45-43(42(53)46-58(54,55)33-15-16-33)24-29(43)13-9-4-2-3-6-12-28(41(52)48(37)26-32)20-39(50)47-19-18-30(49)25-47/h5,7-11,13-14,17,21,23,28-30,32-33,37,49H,2-4,6,12,15-16,18-20,22,24-26H2,1H3,(H,45,51)(H,46,53)/b13-9-/t28-,29-,30+,32-,37+,43-/m1/s1. The van der Waals surface area contributed by atoms with Crippen LogP contribution in [0.2, 0.25) is 0 Å². The lowest BCUT2D eigenvalue weighted by Gasteiger charge is -2.30. The zero-order chi connectivity index (χ0) is 40.6. The third kappa shape index (κ3) is 8.42. The molecule has 4 fully saturated rings. The van der Waals surface area contributed by atoms with E-state index in [1.54, 1.807) is 12.0 Å². The number of carbonyl (C=O) groups is 4. The number of allylic oxidation sites excluding steroid dienone is 1. The highest BCUT2D eigenvalue weighted by molar-refractivity contribution is 7.91. The van der Waals surface area contributed by atoms with E-state index in [2.05, 4.69) is 10.0 Å². The number of nitrogens with zero attached hydrogens (tertiary/aromatic N) is 3. The first kappa shape index (κ1) is 39.8. The van der Waals surface area contributed by atoms with Crippen LogP contribution >= 0.6 is 0 Å². The Kier molecular flexibility index (Phi) is 11.2. The molecule has 2 saturated heterocycles. The number of ether oxygens (including phenoxy) is 2. The number of pyridine rings is 1. The van der Waals surface area contributed by atoms with Crippen molar-refractivity contribution in [2.75, 3.05) is 26.7 Å². The number of aromatic nitrogens is 1. The molecule has 2 saturated carbocycles. The van der Waals surface area contributed by atoms with Crippen LogP contribution in [0.1, 0.15) is 70.6 Å². The molecule has 3 aliphatic heterocycles. The Balaban J connectivity index is 1.12. The van der Waals surface area contributed by atoms with Crippen LogP contribution in [0, 0.1) is 11.8 Å². The number of likely N-dealkylation sites (tertiary alicyclic amines) is 1. The van der Waals surface area contributed by atoms with Crippen molar-refractivity contribution in [1.29, 1.82) is 0 Å². The van der Waals surface area contributed by atoms with Gasteiger partial charge in [-0.05, 0) is 57.1 Å². The van der Waals surface area contributed by atoms with Gasteiger partial charge >= 0.3 is 0 Å². The van der Waals surface area contributed by atoms with Crippen LogP contribution in [0.3, 0.4) is 0 Å². The summed E-state index contributed by atoms with van der Waals surface area (Å²) in [7, 11) is -2.32. The number of nitrogens with one attached hydrogen (secondary N) is 2. The molecule has 0 radical (unpaired) electrons. The van der Waals surface area contributed by atoms with E-state index in [0.29, 0.717) is 73.2 Å². The van der Waals surface area contributed by atoms with Crippen molar-refractivity contribution in [2.24, 2.45) is 11.8 Å². The molecule has 4 heterocycles. The van der Waals surface area contributed by atoms with Crippen molar-refractivity contribution in [3.05, 3.63) is 66.7 Å². The molecule has 6 atom stereocenters. The molecule has 14 nitrogen and oxygen atoms in total. The molecule has 0 unspecified atom stereocenters. The summed E-state index contributed by atoms with van der Waals surface area (Å²) in [5.41, 5.74) is 0.653. The van der Waals surface area contributed by atoms with Crippen molar-refractivity contribution in [2.45, 2.75) is 99.7 Å². The first-order valence-corrected chi connectivity index (χ1v) is 22.0. The highest BCUT2D eigenvalue weighted by atomic mass is 32.2. The summed E-state index contributed by atoms with van der Waals surface area (Å²) in [6, 6.07) is 15.9. The molecular weight excluding hydrogens is 763 g/mol. The zero-order valence-electron chi connectivity index (χ0n) is 32.7. The number of amides is 4. The molecule has 8 rings (SSSR count). The summed E-state index contributed by atoms with van der Waals surface area (Å²) in [5, 5.41) is 13.1. The summed E-state index contributed by atoms with van der Waals surface area (Å²) in [6.45, 7) is 0.662. The van der Waals surface area contributed by atoms with Crippen LogP contribution in [0.15, 0.2) is 66.7 Å². The van der Waals surface area contributed by atoms with Crippen molar-refractivity contribution >= 4 is 44.6 Å². The molecule has 58 heavy (non-hydrogen) atoms. The molecule has 0 spiro atoms. The number of aliphatic hydroxyl groups excluding tert-OH is 1. The second-order valence-corrected chi connectivity index (χ2v) is 18.4. The highest BCUT2D eigenvalue weighted by Gasteiger charge is 2.62. The van der Waals surface area contributed by atoms with Gasteiger partial charge < -0.3 is 29.7 Å². The van der Waals surface area contributed by atoms with Gasteiger partial charge in [0.05, 0.1) is 36.2 Å². The smallest absolute Gasteiger partial charge is 0.259 e. The third-order valence-corrected chi connectivity index (χ3v) is 14.1. The minimum atomic E-state index is -3.90. The second kappa shape index (κ2) is 16.3. The van der Waals surface area contributed by atoms with E-state index >= 15 is 0 Å². The van der Waals surface area contributed by atoms with E-state index in [1.807, 2.05) is 66.7 Å². The molecule has 4 amide bonds. The lowest BCUT2D eigenvalue weighted by Crippen LogP contribution is -2.57. The normalized spacial score (nSPS) is 28.4. The molecule has 15 heteroatoms. The van der Waals surface area contributed by atoms with Crippen LogP contribution in [0.4, 0.5) is 0 Å². The number of carbonyl (C=O) groups excluding carboxylic acids is 4. The van der Waals surface area contributed by atoms with Crippen molar-refractivity contribution < 1.29 is 42.2 Å². The van der Waals surface area contributed by atoms with Crippen molar-refractivity contribution in [3.63, 3.8) is 0 Å². The summed E-state index contributed by atoms with van der Waals surface area (Å²) in [6.07, 6.45) is 7.69. The van der Waals surface area contributed by atoms with Crippen LogP contribution in [0.5, 0.6) is 11.5 Å². The Morgan fingerprint density at radius 3 is 2.57 bits per heavy atom. The molecule has 2 aromatic carbocycles. The third-order valence-electron chi connectivity index (χ3n) is 12.2. The van der Waals surface area contributed by atoms with Crippen LogP contribution in [0.25, 0.3) is 22.2 Å². The lowest BCUT2D eigenvalue weighted by atomic mass is 9.94. The predicted octanol–water partition coefficient (Wildman–Crippen LogP) is 3.86. The number of methoxy groups -OCH3 is 1. The van der Waals surface area contributed by atoms with Gasteiger partial charge in [0.25, 0.3) is 5.91 Å². The average molecular weight is 814 g/mol. The highest BCUT2D eigenvalue weighted by Crippen LogP contribution is 2.46. The van der Waals surface area contributed by atoms with E-state index in [0.717, 1.165) is 18.4 Å². The molecule has 308 valence electrons. The molecule has 0 bridgehead atoms. The van der Waals surface area contributed by atoms with Gasteiger partial charge in [-0.25, -0.2) is 13.4 Å². The molecular formula is C43H51N5O9S. The fourth-order valence-corrected chi connectivity index (χ4v) is 9.99. The molecule has 1 aromatic heterocycles. The van der Waals surface area contributed by atoms with Gasteiger partial charge in [0.1, 0.15) is 29.2 Å². The van der Waals surface area contributed by atoms with Crippen LogP contribution in [-0.4, -0.2) is 108 Å². The Hall–Kier alpha value is -5.02. The van der Waals surface area contributed by atoms with E-state index in [-0.39, 0.29) is 44.2 Å². The number of sulfonamides is 1. The maximum absolute atomic E-state index is 14.8. The zero-order valence-corrected chi connectivity index (χ0v) is 33.5. The van der Waals surface area contributed by atoms with Crippen LogP contribution < -0.4 is 19.5 Å². The number of β-amino-alcohol motifs (C(OH)–C–C–N with tert-alkyl or cyclic N) is 1. The number of hydrogen-bond acceptors (Lipinski definition) is 10. The molecule has 2 aliphatic carbocycles. The monoisotopic (exact) mass is 813 g/mol. The number of fused-ring (bicyclic) bond motifs is 3. The van der Waals surface area contributed by atoms with Gasteiger partial charge in [-0.3, -0.25) is 23.9 Å². The first-order chi connectivity index (χ1) is 27.9. The maximum atomic E-state index is 14.8. The number of benzene rings is 2. The van der Waals surface area contributed by atoms with Gasteiger partial charge in [-0.2, -0.15) is 0 Å². The van der Waals surface area contributed by atoms with Gasteiger partial charge in [-0.15, -0.1) is 0 Å². The Morgan fingerprint density at radius 2 is 1.83 bits per heavy atom. The Labute approximate surface area is 338 Å². The van der Waals surface area contributed by atoms with E-state index < -0.39 is 62.7 Å². The van der Waals surface area contributed by atoms with Gasteiger partial charge in [0.2, 0.25) is 27.7 Å². The quantitative estimate of drug-likeness (QED) is 0.268. The van der Waals surface area contributed by atoms with E-state index in [9.17, 15) is 32.7 Å². The Morgan fingerprint density at radius 1 is 1.02 bits per heavy atom. The second-order valence-electron chi connectivity index (χ2n) is 16.4. The van der Waals surface area contributed by atoms with E-state index in [4.69, 9.17) is 14.5 Å². The summed E-state index contributed by atoms with van der Waals surface area (Å²) in [4.78, 5) is 64.8. The minimum absolute atomic E-state index is 0.0310. The van der Waals surface area contributed by atoms with Crippen molar-refractivity contribution in [1.82, 2.24) is 24.8 Å². The topological polar surface area (TPSA) is 185 Å². The molecule has 3 aromatic rings. The van der Waals surface area contributed by atoms with Gasteiger partial charge in [0.15, 0.2) is 0 Å². The minimum Gasteiger partial charge on any atom is -0.497 e. The lowest BCUT2D eigenvalue weighted by molar-refractivity contribution is -0.145. The fourth-order valence-electron chi connectivity index (χ4n) is 8.62. The molecule has 3 N–H and O–H groups in total. The number of aliphatic hydroxyl groups is 1. The summed E-state index contributed by atoms with van der Waals surface area (Å²) in [5.74, 6) is -1.98. The number of rotatable bonds is 9. The van der Waals surface area contributed by atoms with Gasteiger partial charge in [-0.1, -0.05) is 55.3 Å². The average Bonchev–Trinajstić information content (AvgIpc) is 4.11. The summed E-state index contributed by atoms with van der Waals surface area (Å²) >= 11 is 0. The summed E-state index contributed by atoms with van der Waals surface area (Å²) < 4.78 is 40.3. The SMILES string of the molecule is COc1ccc2c(O[C@@H]3C[C@H]4C(=O)N[C@]5(C(=O)NS(=O)(=O)C6CC6)C[C@H]5/C=C\CCCCC[C@H](CC(=O)N5CC[C@H](O)C5)C(=O)N4C3)cc(-c3ccccc3)nc2c1.